The van der Waals surface area contributed by atoms with E-state index in [1.165, 1.54) is 4.90 Å². The Kier molecular flexibility index (Phi) is 3.82. The van der Waals surface area contributed by atoms with Crippen molar-refractivity contribution in [1.29, 1.82) is 0 Å². The van der Waals surface area contributed by atoms with Crippen molar-refractivity contribution < 1.29 is 19.4 Å². The molecule has 0 saturated carbocycles. The lowest BCUT2D eigenvalue weighted by Crippen LogP contribution is -2.49. The van der Waals surface area contributed by atoms with Gasteiger partial charge in [0.1, 0.15) is 6.04 Å². The molecule has 18 heavy (non-hydrogen) atoms. The zero-order valence-electron chi connectivity index (χ0n) is 9.91. The molecule has 1 fully saturated rings. The molecule has 0 spiro atoms. The Morgan fingerprint density at radius 2 is 2.11 bits per heavy atom. The van der Waals surface area contributed by atoms with Crippen LogP contribution in [0.2, 0.25) is 0 Å². The predicted molar refractivity (Wildman–Crippen MR) is 64.2 cm³/mol. The number of aliphatic carboxylic acids is 1. The topological polar surface area (TPSA) is 66.8 Å². The van der Waals surface area contributed by atoms with E-state index in [4.69, 9.17) is 4.74 Å². The van der Waals surface area contributed by atoms with Crippen LogP contribution in [0.4, 0.5) is 4.79 Å². The monoisotopic (exact) mass is 249 g/mol. The summed E-state index contributed by atoms with van der Waals surface area (Å²) in [5.74, 6) is -1.00. The molecule has 1 aromatic rings. The first-order chi connectivity index (χ1) is 8.68. The van der Waals surface area contributed by atoms with Gasteiger partial charge in [0.15, 0.2) is 0 Å². The highest BCUT2D eigenvalue weighted by Crippen LogP contribution is 2.14. The van der Waals surface area contributed by atoms with E-state index in [2.05, 4.69) is 0 Å². The van der Waals surface area contributed by atoms with Gasteiger partial charge in [-0.25, -0.2) is 9.59 Å². The third-order valence-electron chi connectivity index (χ3n) is 2.94. The molecular formula is C13H15NO4. The summed E-state index contributed by atoms with van der Waals surface area (Å²) >= 11 is 0. The quantitative estimate of drug-likeness (QED) is 0.878. The first-order valence-corrected chi connectivity index (χ1v) is 5.88. The van der Waals surface area contributed by atoms with Gasteiger partial charge in [0.25, 0.3) is 0 Å². The summed E-state index contributed by atoms with van der Waals surface area (Å²) in [5, 5.41) is 9.26. The van der Waals surface area contributed by atoms with Crippen molar-refractivity contribution in [3.8, 4) is 0 Å². The smallest absolute Gasteiger partial charge is 0.410 e. The van der Waals surface area contributed by atoms with E-state index in [-0.39, 0.29) is 0 Å². The minimum Gasteiger partial charge on any atom is -0.480 e. The van der Waals surface area contributed by atoms with Gasteiger partial charge in [-0.15, -0.1) is 0 Å². The Morgan fingerprint density at radius 3 is 2.72 bits per heavy atom. The van der Waals surface area contributed by atoms with E-state index in [9.17, 15) is 14.7 Å². The second-order valence-electron chi connectivity index (χ2n) is 4.21. The molecule has 1 aliphatic rings. The van der Waals surface area contributed by atoms with Crippen LogP contribution in [-0.2, 0) is 16.0 Å². The molecule has 2 rings (SSSR count). The number of carbonyl (C=O) groups is 2. The molecular weight excluding hydrogens is 234 g/mol. The van der Waals surface area contributed by atoms with Crippen molar-refractivity contribution in [2.75, 3.05) is 13.2 Å². The minimum absolute atomic E-state index is 0.297. The van der Waals surface area contributed by atoms with Crippen molar-refractivity contribution in [2.45, 2.75) is 18.9 Å². The molecule has 1 aromatic carbocycles. The van der Waals surface area contributed by atoms with Crippen LogP contribution in [0, 0.1) is 0 Å². The molecule has 1 heterocycles. The van der Waals surface area contributed by atoms with Crippen LogP contribution in [0.5, 0.6) is 0 Å². The summed E-state index contributed by atoms with van der Waals surface area (Å²) in [7, 11) is 0. The number of amides is 1. The molecule has 1 saturated heterocycles. The van der Waals surface area contributed by atoms with Crippen LogP contribution >= 0.6 is 0 Å². The van der Waals surface area contributed by atoms with Crippen molar-refractivity contribution in [3.05, 3.63) is 35.9 Å². The van der Waals surface area contributed by atoms with Crippen LogP contribution < -0.4 is 0 Å². The van der Waals surface area contributed by atoms with Gasteiger partial charge in [-0.1, -0.05) is 30.3 Å². The van der Waals surface area contributed by atoms with Crippen LogP contribution in [0.1, 0.15) is 12.0 Å². The maximum Gasteiger partial charge on any atom is 0.410 e. The first-order valence-electron chi connectivity index (χ1n) is 5.88. The lowest BCUT2D eigenvalue weighted by molar-refractivity contribution is -0.143. The van der Waals surface area contributed by atoms with E-state index in [0.717, 1.165) is 5.56 Å². The highest BCUT2D eigenvalue weighted by Gasteiger charge is 2.32. The first kappa shape index (κ1) is 12.4. The van der Waals surface area contributed by atoms with Crippen molar-refractivity contribution in [2.24, 2.45) is 0 Å². The maximum atomic E-state index is 11.6. The predicted octanol–water partition coefficient (Wildman–Crippen LogP) is 1.52. The van der Waals surface area contributed by atoms with Gasteiger partial charge in [0.05, 0.1) is 6.61 Å². The number of cyclic esters (lactones) is 1. The largest absolute Gasteiger partial charge is 0.480 e. The fraction of sp³-hybridized carbons (Fsp3) is 0.385. The number of benzene rings is 1. The maximum absolute atomic E-state index is 11.6. The number of hydrogen-bond acceptors (Lipinski definition) is 3. The molecule has 0 radical (unpaired) electrons. The fourth-order valence-electron chi connectivity index (χ4n) is 2.02. The van der Waals surface area contributed by atoms with Crippen LogP contribution in [-0.4, -0.2) is 41.3 Å². The molecule has 96 valence electrons. The number of ether oxygens (including phenoxy) is 1. The van der Waals surface area contributed by atoms with Gasteiger partial charge in [-0.3, -0.25) is 4.90 Å². The Hall–Kier alpha value is -2.04. The molecule has 1 N–H and O–H groups in total. The lowest BCUT2D eigenvalue weighted by Gasteiger charge is -2.31. The summed E-state index contributed by atoms with van der Waals surface area (Å²) in [6.07, 6.45) is 0.430. The number of nitrogens with zero attached hydrogens (tertiary/aromatic N) is 1. The third-order valence-corrected chi connectivity index (χ3v) is 2.94. The number of carbonyl (C=O) groups excluding carboxylic acids is 1. The number of carboxylic acid groups (broad SMARTS) is 1. The van der Waals surface area contributed by atoms with E-state index in [1.807, 2.05) is 30.3 Å². The Bertz CT molecular complexity index is 432. The molecule has 1 unspecified atom stereocenters. The second-order valence-corrected chi connectivity index (χ2v) is 4.21. The molecule has 1 amide bonds. The van der Waals surface area contributed by atoms with Crippen molar-refractivity contribution in [1.82, 2.24) is 4.90 Å². The highest BCUT2D eigenvalue weighted by atomic mass is 16.6. The van der Waals surface area contributed by atoms with E-state index < -0.39 is 18.1 Å². The zero-order valence-corrected chi connectivity index (χ0v) is 9.91. The Labute approximate surface area is 105 Å². The third kappa shape index (κ3) is 2.80. The van der Waals surface area contributed by atoms with Crippen LogP contribution in [0.15, 0.2) is 30.3 Å². The minimum atomic E-state index is -1.00. The van der Waals surface area contributed by atoms with Crippen molar-refractivity contribution >= 4 is 12.1 Å². The van der Waals surface area contributed by atoms with Crippen LogP contribution in [0.25, 0.3) is 0 Å². The average molecular weight is 249 g/mol. The second kappa shape index (κ2) is 5.53. The molecule has 1 aliphatic heterocycles. The lowest BCUT2D eigenvalue weighted by atomic mass is 10.0. The van der Waals surface area contributed by atoms with E-state index >= 15 is 0 Å². The van der Waals surface area contributed by atoms with Gasteiger partial charge in [0, 0.05) is 13.0 Å². The number of carboxylic acids is 1. The Morgan fingerprint density at radius 1 is 1.39 bits per heavy atom. The molecule has 0 bridgehead atoms. The fourth-order valence-corrected chi connectivity index (χ4v) is 2.02. The summed E-state index contributed by atoms with van der Waals surface area (Å²) in [5.41, 5.74) is 0.892. The zero-order chi connectivity index (χ0) is 13.0. The molecule has 0 aromatic heterocycles. The van der Waals surface area contributed by atoms with Gasteiger partial charge in [-0.2, -0.15) is 0 Å². The number of rotatable bonds is 4. The standard InChI is InChI=1S/C13H15NO4/c15-12(16)11(9-10-5-2-1-3-6-10)14-7-4-8-18-13(14)17/h1-3,5-6,11H,4,7-9H2,(H,15,16). The summed E-state index contributed by atoms with van der Waals surface area (Å²) < 4.78 is 4.88. The molecule has 1 atom stereocenters. The molecule has 0 aliphatic carbocycles. The van der Waals surface area contributed by atoms with Gasteiger partial charge < -0.3 is 9.84 Å². The molecule has 5 heteroatoms. The highest BCUT2D eigenvalue weighted by molar-refractivity contribution is 5.80. The number of hydrogen-bond donors (Lipinski definition) is 1. The van der Waals surface area contributed by atoms with E-state index in [1.54, 1.807) is 0 Å². The summed E-state index contributed by atoms with van der Waals surface area (Å²) in [4.78, 5) is 24.2. The van der Waals surface area contributed by atoms with Crippen molar-refractivity contribution in [3.63, 3.8) is 0 Å². The summed E-state index contributed by atoms with van der Waals surface area (Å²) in [6, 6.07) is 8.41. The molecule has 5 nitrogen and oxygen atoms in total. The summed E-state index contributed by atoms with van der Waals surface area (Å²) in [6.45, 7) is 0.801. The normalized spacial score (nSPS) is 17.1. The van der Waals surface area contributed by atoms with Crippen LogP contribution in [0.3, 0.4) is 0 Å². The van der Waals surface area contributed by atoms with Gasteiger partial charge in [0.2, 0.25) is 0 Å². The van der Waals surface area contributed by atoms with E-state index in [0.29, 0.717) is 26.0 Å². The van der Waals surface area contributed by atoms with Gasteiger partial charge in [-0.05, 0) is 12.0 Å². The SMILES string of the molecule is O=C(O)C(Cc1ccccc1)N1CCCOC1=O. The van der Waals surface area contributed by atoms with Gasteiger partial charge >= 0.3 is 12.1 Å². The average Bonchev–Trinajstić information content (AvgIpc) is 2.38. The Balaban J connectivity index is 2.13.